The highest BCUT2D eigenvalue weighted by atomic mass is 16.1. The largest absolute Gasteiger partial charge is 0.356 e. The molecule has 0 bridgehead atoms. The van der Waals surface area contributed by atoms with Gasteiger partial charge in [0.1, 0.15) is 0 Å². The van der Waals surface area contributed by atoms with Gasteiger partial charge in [0.2, 0.25) is 0 Å². The Morgan fingerprint density at radius 2 is 1.85 bits per heavy atom. The Hall–Kier alpha value is -2.89. The molecule has 0 spiro atoms. The Kier molecular flexibility index (Phi) is 8.83. The van der Waals surface area contributed by atoms with Crippen molar-refractivity contribution < 1.29 is 4.79 Å². The van der Waals surface area contributed by atoms with Gasteiger partial charge in [-0.3, -0.25) is 14.8 Å². The summed E-state index contributed by atoms with van der Waals surface area (Å²) in [7, 11) is 1.75. The van der Waals surface area contributed by atoms with Gasteiger partial charge in [-0.25, -0.2) is 0 Å². The maximum absolute atomic E-state index is 12.0. The first kappa shape index (κ1) is 20.4. The molecule has 1 aromatic carbocycles. The van der Waals surface area contributed by atoms with Crippen LogP contribution in [0.2, 0.25) is 0 Å². The molecule has 2 aromatic rings. The summed E-state index contributed by atoms with van der Waals surface area (Å²) in [6.07, 6.45) is 4.71. The van der Waals surface area contributed by atoms with Gasteiger partial charge < -0.3 is 16.0 Å². The van der Waals surface area contributed by atoms with E-state index in [2.05, 4.69) is 32.9 Å². The van der Waals surface area contributed by atoms with Crippen LogP contribution in [-0.4, -0.2) is 37.0 Å². The molecule has 0 radical (unpaired) electrons. The van der Waals surface area contributed by atoms with Crippen molar-refractivity contribution in [1.29, 1.82) is 0 Å². The van der Waals surface area contributed by atoms with Gasteiger partial charge in [-0.2, -0.15) is 0 Å². The molecule has 144 valence electrons. The Bertz CT molecular complexity index is 713. The zero-order valence-corrected chi connectivity index (χ0v) is 16.2. The third-order valence-electron chi connectivity index (χ3n) is 4.12. The number of nitrogens with one attached hydrogen (secondary N) is 3. The standard InChI is InChI=1S/C21H29N5O/c1-3-4-13-24-20(27)18-10-8-17(9-11-18)16-26-21(22-2)25-15-12-19-7-5-6-14-23-19/h5-11,14H,3-4,12-13,15-16H2,1-2H3,(H,24,27)(H2,22,25,26). The molecule has 0 unspecified atom stereocenters. The number of pyridine rings is 1. The van der Waals surface area contributed by atoms with Crippen LogP contribution in [0.15, 0.2) is 53.7 Å². The second-order valence-electron chi connectivity index (χ2n) is 6.23. The first-order chi connectivity index (χ1) is 13.2. The number of aromatic nitrogens is 1. The van der Waals surface area contributed by atoms with Crippen LogP contribution >= 0.6 is 0 Å². The summed E-state index contributed by atoms with van der Waals surface area (Å²) in [5.74, 6) is 0.724. The molecule has 0 aliphatic carbocycles. The summed E-state index contributed by atoms with van der Waals surface area (Å²) in [6, 6.07) is 13.6. The predicted molar refractivity (Wildman–Crippen MR) is 110 cm³/mol. The summed E-state index contributed by atoms with van der Waals surface area (Å²) in [4.78, 5) is 20.6. The minimum Gasteiger partial charge on any atom is -0.356 e. The van der Waals surface area contributed by atoms with Crippen molar-refractivity contribution in [3.63, 3.8) is 0 Å². The summed E-state index contributed by atoms with van der Waals surface area (Å²) < 4.78 is 0. The van der Waals surface area contributed by atoms with Gasteiger partial charge in [0.25, 0.3) is 5.91 Å². The highest BCUT2D eigenvalue weighted by Gasteiger charge is 2.05. The number of rotatable bonds is 9. The molecular weight excluding hydrogens is 338 g/mol. The van der Waals surface area contributed by atoms with Gasteiger partial charge in [-0.15, -0.1) is 0 Å². The van der Waals surface area contributed by atoms with Gasteiger partial charge in [-0.05, 0) is 36.2 Å². The summed E-state index contributed by atoms with van der Waals surface area (Å²) in [5, 5.41) is 9.49. The zero-order chi connectivity index (χ0) is 19.3. The van der Waals surface area contributed by atoms with Crippen LogP contribution in [0.4, 0.5) is 0 Å². The van der Waals surface area contributed by atoms with E-state index in [1.165, 1.54) is 0 Å². The van der Waals surface area contributed by atoms with Crippen molar-refractivity contribution in [2.75, 3.05) is 20.1 Å². The number of carbonyl (C=O) groups excluding carboxylic acids is 1. The fraction of sp³-hybridized carbons (Fsp3) is 0.381. The van der Waals surface area contributed by atoms with Crippen LogP contribution in [0, 0.1) is 0 Å². The van der Waals surface area contributed by atoms with Crippen molar-refractivity contribution in [1.82, 2.24) is 20.9 Å². The van der Waals surface area contributed by atoms with Crippen LogP contribution in [0.25, 0.3) is 0 Å². The molecule has 1 heterocycles. The van der Waals surface area contributed by atoms with Gasteiger partial charge in [0.15, 0.2) is 5.96 Å². The molecule has 0 aliphatic heterocycles. The Balaban J connectivity index is 1.74. The molecule has 1 aromatic heterocycles. The van der Waals surface area contributed by atoms with Gasteiger partial charge >= 0.3 is 0 Å². The van der Waals surface area contributed by atoms with Crippen LogP contribution in [0.3, 0.4) is 0 Å². The molecule has 0 atom stereocenters. The van der Waals surface area contributed by atoms with Crippen LogP contribution < -0.4 is 16.0 Å². The van der Waals surface area contributed by atoms with Crippen molar-refractivity contribution in [2.24, 2.45) is 4.99 Å². The minimum atomic E-state index is -0.0186. The second kappa shape index (κ2) is 11.7. The third kappa shape index (κ3) is 7.48. The lowest BCUT2D eigenvalue weighted by atomic mass is 10.1. The molecule has 1 amide bonds. The molecule has 3 N–H and O–H groups in total. The minimum absolute atomic E-state index is 0.0186. The number of amides is 1. The molecule has 27 heavy (non-hydrogen) atoms. The molecule has 6 nitrogen and oxygen atoms in total. The molecule has 2 rings (SSSR count). The average Bonchev–Trinajstić information content (AvgIpc) is 2.72. The summed E-state index contributed by atoms with van der Waals surface area (Å²) >= 11 is 0. The first-order valence-corrected chi connectivity index (χ1v) is 9.44. The average molecular weight is 367 g/mol. The van der Waals surface area contributed by atoms with E-state index in [-0.39, 0.29) is 5.91 Å². The number of unbranched alkanes of at least 4 members (excludes halogenated alkanes) is 1. The van der Waals surface area contributed by atoms with E-state index in [0.717, 1.165) is 49.6 Å². The third-order valence-corrected chi connectivity index (χ3v) is 4.12. The number of carbonyl (C=O) groups is 1. The van der Waals surface area contributed by atoms with Gasteiger partial charge in [0.05, 0.1) is 0 Å². The zero-order valence-electron chi connectivity index (χ0n) is 16.2. The van der Waals surface area contributed by atoms with Gasteiger partial charge in [-0.1, -0.05) is 31.5 Å². The lowest BCUT2D eigenvalue weighted by Gasteiger charge is -2.12. The summed E-state index contributed by atoms with van der Waals surface area (Å²) in [5.41, 5.74) is 2.83. The lowest BCUT2D eigenvalue weighted by molar-refractivity contribution is 0.0953. The topological polar surface area (TPSA) is 78.4 Å². The van der Waals surface area contributed by atoms with Crippen LogP contribution in [0.1, 0.15) is 41.4 Å². The normalized spacial score (nSPS) is 11.1. The molecule has 0 saturated carbocycles. The fourth-order valence-corrected chi connectivity index (χ4v) is 2.52. The monoisotopic (exact) mass is 367 g/mol. The Morgan fingerprint density at radius 1 is 1.04 bits per heavy atom. The van der Waals surface area contributed by atoms with E-state index in [1.54, 1.807) is 13.2 Å². The number of guanidine groups is 1. The van der Waals surface area contributed by atoms with E-state index in [1.807, 2.05) is 42.5 Å². The van der Waals surface area contributed by atoms with Crippen molar-refractivity contribution in [2.45, 2.75) is 32.7 Å². The fourth-order valence-electron chi connectivity index (χ4n) is 2.52. The maximum atomic E-state index is 12.0. The number of benzene rings is 1. The first-order valence-electron chi connectivity index (χ1n) is 9.44. The van der Waals surface area contributed by atoms with E-state index in [9.17, 15) is 4.79 Å². The van der Waals surface area contributed by atoms with E-state index in [4.69, 9.17) is 0 Å². The van der Waals surface area contributed by atoms with E-state index < -0.39 is 0 Å². The molecule has 0 fully saturated rings. The molecule has 0 aliphatic rings. The van der Waals surface area contributed by atoms with Crippen LogP contribution in [0.5, 0.6) is 0 Å². The van der Waals surface area contributed by atoms with Crippen molar-refractivity contribution >= 4 is 11.9 Å². The second-order valence-corrected chi connectivity index (χ2v) is 6.23. The summed E-state index contributed by atoms with van der Waals surface area (Å²) in [6.45, 7) is 4.23. The highest BCUT2D eigenvalue weighted by Crippen LogP contribution is 2.04. The lowest BCUT2D eigenvalue weighted by Crippen LogP contribution is -2.37. The number of aliphatic imine (C=N–C) groups is 1. The Labute approximate surface area is 161 Å². The SMILES string of the molecule is CCCCNC(=O)c1ccc(CNC(=NC)NCCc2ccccn2)cc1. The van der Waals surface area contributed by atoms with E-state index in [0.29, 0.717) is 12.1 Å². The number of hydrogen-bond acceptors (Lipinski definition) is 3. The quantitative estimate of drug-likeness (QED) is 0.361. The molecule has 0 saturated heterocycles. The van der Waals surface area contributed by atoms with Crippen molar-refractivity contribution in [3.8, 4) is 0 Å². The smallest absolute Gasteiger partial charge is 0.251 e. The maximum Gasteiger partial charge on any atom is 0.251 e. The number of nitrogens with zero attached hydrogens (tertiary/aromatic N) is 2. The van der Waals surface area contributed by atoms with Gasteiger partial charge in [0, 0.05) is 50.6 Å². The van der Waals surface area contributed by atoms with E-state index >= 15 is 0 Å². The highest BCUT2D eigenvalue weighted by molar-refractivity contribution is 5.94. The molecular formula is C21H29N5O. The molecule has 6 heteroatoms. The number of hydrogen-bond donors (Lipinski definition) is 3. The van der Waals surface area contributed by atoms with Crippen LogP contribution in [-0.2, 0) is 13.0 Å². The Morgan fingerprint density at radius 3 is 2.52 bits per heavy atom. The van der Waals surface area contributed by atoms with Crippen molar-refractivity contribution in [3.05, 3.63) is 65.5 Å². The predicted octanol–water partition coefficient (Wildman–Crippen LogP) is 2.52.